The van der Waals surface area contributed by atoms with E-state index in [4.69, 9.17) is 0 Å². The van der Waals surface area contributed by atoms with E-state index in [0.717, 1.165) is 16.5 Å². The molecule has 2 heterocycles. The van der Waals surface area contributed by atoms with E-state index in [-0.39, 0.29) is 24.8 Å². The first-order valence-corrected chi connectivity index (χ1v) is 8.03. The number of ketones is 1. The smallest absolute Gasteiger partial charge is 0.239 e. The van der Waals surface area contributed by atoms with Crippen molar-refractivity contribution in [1.82, 2.24) is 14.9 Å². The van der Waals surface area contributed by atoms with E-state index in [1.165, 1.54) is 0 Å². The zero-order valence-corrected chi connectivity index (χ0v) is 14.2. The predicted molar refractivity (Wildman–Crippen MR) is 97.7 cm³/mol. The Morgan fingerprint density at radius 1 is 1.20 bits per heavy atom. The summed E-state index contributed by atoms with van der Waals surface area (Å²) in [6.07, 6.45) is 3.37. The normalized spacial score (nSPS) is 11.0. The molecule has 0 spiro atoms. The SMILES string of the molecule is Cc1ccnc(NC(=O)CN(C)CC(=O)c2c[nH]c3ccccc23)c1. The maximum atomic E-state index is 12.5. The van der Waals surface area contributed by atoms with Crippen molar-refractivity contribution >= 4 is 28.4 Å². The molecule has 0 radical (unpaired) electrons. The lowest BCUT2D eigenvalue weighted by Crippen LogP contribution is -2.34. The number of carbonyl (C=O) groups excluding carboxylic acids is 2. The first kappa shape index (κ1) is 16.9. The Morgan fingerprint density at radius 3 is 2.80 bits per heavy atom. The molecule has 0 unspecified atom stereocenters. The average molecular weight is 336 g/mol. The van der Waals surface area contributed by atoms with Crippen molar-refractivity contribution in [3.63, 3.8) is 0 Å². The van der Waals surface area contributed by atoms with Crippen molar-refractivity contribution in [2.75, 3.05) is 25.5 Å². The van der Waals surface area contributed by atoms with Gasteiger partial charge in [-0.25, -0.2) is 4.98 Å². The summed E-state index contributed by atoms with van der Waals surface area (Å²) in [4.78, 5) is 33.5. The maximum Gasteiger partial charge on any atom is 0.239 e. The monoisotopic (exact) mass is 336 g/mol. The van der Waals surface area contributed by atoms with Crippen molar-refractivity contribution in [3.8, 4) is 0 Å². The highest BCUT2D eigenvalue weighted by molar-refractivity contribution is 6.08. The molecule has 3 rings (SSSR count). The van der Waals surface area contributed by atoms with Crippen LogP contribution in [0.5, 0.6) is 0 Å². The standard InChI is InChI=1S/C19H20N4O2/c1-13-7-8-20-18(9-13)22-19(25)12-23(2)11-17(24)15-10-21-16-6-4-3-5-14(15)16/h3-10,21H,11-12H2,1-2H3,(H,20,22,25). The molecule has 6 nitrogen and oxygen atoms in total. The fourth-order valence-electron chi connectivity index (χ4n) is 2.72. The van der Waals surface area contributed by atoms with Gasteiger partial charge in [0.15, 0.2) is 5.78 Å². The van der Waals surface area contributed by atoms with Gasteiger partial charge < -0.3 is 10.3 Å². The predicted octanol–water partition coefficient (Wildman–Crippen LogP) is 2.62. The lowest BCUT2D eigenvalue weighted by Gasteiger charge is -2.15. The van der Waals surface area contributed by atoms with Gasteiger partial charge in [-0.3, -0.25) is 14.5 Å². The zero-order valence-electron chi connectivity index (χ0n) is 14.2. The van der Waals surface area contributed by atoms with Crippen LogP contribution in [0.25, 0.3) is 10.9 Å². The van der Waals surface area contributed by atoms with Crippen LogP contribution in [-0.2, 0) is 4.79 Å². The summed E-state index contributed by atoms with van der Waals surface area (Å²) in [5.41, 5.74) is 2.59. The Kier molecular flexibility index (Phi) is 4.90. The number of nitrogens with zero attached hydrogens (tertiary/aromatic N) is 2. The topological polar surface area (TPSA) is 78.1 Å². The van der Waals surface area contributed by atoms with Crippen molar-refractivity contribution < 1.29 is 9.59 Å². The summed E-state index contributed by atoms with van der Waals surface area (Å²) in [6, 6.07) is 11.3. The molecule has 1 amide bonds. The second-order valence-corrected chi connectivity index (χ2v) is 6.11. The van der Waals surface area contributed by atoms with Gasteiger partial charge in [0.2, 0.25) is 5.91 Å². The van der Waals surface area contributed by atoms with Crippen LogP contribution < -0.4 is 5.32 Å². The Labute approximate surface area is 145 Å². The van der Waals surface area contributed by atoms with E-state index in [1.54, 1.807) is 30.4 Å². The van der Waals surface area contributed by atoms with Crippen LogP contribution in [0.1, 0.15) is 15.9 Å². The molecule has 25 heavy (non-hydrogen) atoms. The van der Waals surface area contributed by atoms with Crippen LogP contribution >= 0.6 is 0 Å². The second-order valence-electron chi connectivity index (χ2n) is 6.11. The molecule has 6 heteroatoms. The highest BCUT2D eigenvalue weighted by Crippen LogP contribution is 2.18. The Hall–Kier alpha value is -2.99. The lowest BCUT2D eigenvalue weighted by atomic mass is 10.1. The van der Waals surface area contributed by atoms with Gasteiger partial charge >= 0.3 is 0 Å². The third-order valence-corrected chi connectivity index (χ3v) is 3.90. The van der Waals surface area contributed by atoms with E-state index < -0.39 is 0 Å². The number of nitrogens with one attached hydrogen (secondary N) is 2. The number of fused-ring (bicyclic) bond motifs is 1. The van der Waals surface area contributed by atoms with E-state index in [9.17, 15) is 9.59 Å². The highest BCUT2D eigenvalue weighted by atomic mass is 16.2. The summed E-state index contributed by atoms with van der Waals surface area (Å²) in [7, 11) is 1.75. The minimum absolute atomic E-state index is 0.0265. The third-order valence-electron chi connectivity index (χ3n) is 3.90. The molecule has 0 aliphatic rings. The highest BCUT2D eigenvalue weighted by Gasteiger charge is 2.15. The van der Waals surface area contributed by atoms with Crippen molar-refractivity contribution in [2.24, 2.45) is 0 Å². The number of pyridine rings is 1. The van der Waals surface area contributed by atoms with E-state index >= 15 is 0 Å². The van der Waals surface area contributed by atoms with Gasteiger partial charge in [-0.15, -0.1) is 0 Å². The quantitative estimate of drug-likeness (QED) is 0.678. The number of H-pyrrole nitrogens is 1. The summed E-state index contributed by atoms with van der Waals surface area (Å²) in [6.45, 7) is 2.21. The Morgan fingerprint density at radius 2 is 2.00 bits per heavy atom. The maximum absolute atomic E-state index is 12.5. The minimum atomic E-state index is -0.202. The largest absolute Gasteiger partial charge is 0.360 e. The first-order chi connectivity index (χ1) is 12.0. The number of hydrogen-bond acceptors (Lipinski definition) is 4. The van der Waals surface area contributed by atoms with Gasteiger partial charge in [0.25, 0.3) is 0 Å². The van der Waals surface area contributed by atoms with Gasteiger partial charge in [0, 0.05) is 28.9 Å². The van der Waals surface area contributed by atoms with E-state index in [1.807, 2.05) is 37.3 Å². The minimum Gasteiger partial charge on any atom is -0.360 e. The molecular weight excluding hydrogens is 316 g/mol. The first-order valence-electron chi connectivity index (χ1n) is 8.03. The number of aryl methyl sites for hydroxylation is 1. The molecule has 128 valence electrons. The van der Waals surface area contributed by atoms with Crippen molar-refractivity contribution in [3.05, 3.63) is 59.9 Å². The van der Waals surface area contributed by atoms with Crippen LogP contribution in [0, 0.1) is 6.92 Å². The number of aromatic amines is 1. The number of aromatic nitrogens is 2. The van der Waals surface area contributed by atoms with E-state index in [2.05, 4.69) is 15.3 Å². The number of para-hydroxylation sites is 1. The van der Waals surface area contributed by atoms with Gasteiger partial charge in [-0.1, -0.05) is 18.2 Å². The molecule has 0 atom stereocenters. The number of anilines is 1. The van der Waals surface area contributed by atoms with Gasteiger partial charge in [-0.2, -0.15) is 0 Å². The van der Waals surface area contributed by atoms with Crippen molar-refractivity contribution in [2.45, 2.75) is 6.92 Å². The molecule has 0 aliphatic heterocycles. The zero-order chi connectivity index (χ0) is 17.8. The number of rotatable bonds is 6. The molecule has 0 saturated carbocycles. The van der Waals surface area contributed by atoms with Crippen LogP contribution in [0.3, 0.4) is 0 Å². The molecule has 0 bridgehead atoms. The Bertz CT molecular complexity index is 916. The molecule has 1 aromatic carbocycles. The second kappa shape index (κ2) is 7.27. The Balaban J connectivity index is 1.59. The molecule has 0 fully saturated rings. The van der Waals surface area contributed by atoms with Crippen LogP contribution in [0.15, 0.2) is 48.8 Å². The number of Topliss-reactive ketones (excluding diaryl/α,β-unsaturated/α-hetero) is 1. The molecular formula is C19H20N4O2. The number of likely N-dealkylation sites (N-methyl/N-ethyl adjacent to an activating group) is 1. The molecule has 3 aromatic rings. The van der Waals surface area contributed by atoms with Gasteiger partial charge in [0.05, 0.1) is 13.1 Å². The summed E-state index contributed by atoms with van der Waals surface area (Å²) in [5.74, 6) is 0.287. The van der Waals surface area contributed by atoms with Gasteiger partial charge in [-0.05, 0) is 37.7 Å². The average Bonchev–Trinajstić information content (AvgIpc) is 2.98. The lowest BCUT2D eigenvalue weighted by molar-refractivity contribution is -0.116. The molecule has 2 aromatic heterocycles. The number of benzene rings is 1. The van der Waals surface area contributed by atoms with Crippen molar-refractivity contribution in [1.29, 1.82) is 0 Å². The summed E-state index contributed by atoms with van der Waals surface area (Å²) >= 11 is 0. The van der Waals surface area contributed by atoms with Crippen LogP contribution in [0.4, 0.5) is 5.82 Å². The summed E-state index contributed by atoms with van der Waals surface area (Å²) in [5, 5.41) is 3.64. The molecule has 0 aliphatic carbocycles. The van der Waals surface area contributed by atoms with Crippen LogP contribution in [0.2, 0.25) is 0 Å². The number of carbonyl (C=O) groups is 2. The van der Waals surface area contributed by atoms with E-state index in [0.29, 0.717) is 11.4 Å². The fourth-order valence-corrected chi connectivity index (χ4v) is 2.72. The van der Waals surface area contributed by atoms with Gasteiger partial charge in [0.1, 0.15) is 5.82 Å². The number of hydrogen-bond donors (Lipinski definition) is 2. The molecule has 2 N–H and O–H groups in total. The van der Waals surface area contributed by atoms with Crippen LogP contribution in [-0.4, -0.2) is 46.7 Å². The molecule has 0 saturated heterocycles. The fraction of sp³-hybridized carbons (Fsp3) is 0.211. The summed E-state index contributed by atoms with van der Waals surface area (Å²) < 4.78 is 0. The number of amides is 1. The third kappa shape index (κ3) is 4.10.